The molecule has 0 aliphatic rings. The van der Waals surface area contributed by atoms with Gasteiger partial charge in [-0.3, -0.25) is 0 Å². The Hall–Kier alpha value is -1.19. The maximum atomic E-state index is 5.65. The second kappa shape index (κ2) is 6.12. The van der Waals surface area contributed by atoms with Gasteiger partial charge in [0, 0.05) is 17.4 Å². The summed E-state index contributed by atoms with van der Waals surface area (Å²) >= 11 is 1.73. The predicted molar refractivity (Wildman–Crippen MR) is 78.9 cm³/mol. The van der Waals surface area contributed by atoms with Crippen molar-refractivity contribution in [2.75, 3.05) is 6.54 Å². The molecule has 1 aromatic carbocycles. The van der Waals surface area contributed by atoms with E-state index in [1.807, 2.05) is 0 Å². The van der Waals surface area contributed by atoms with Crippen molar-refractivity contribution in [1.29, 1.82) is 0 Å². The van der Waals surface area contributed by atoms with Gasteiger partial charge in [-0.2, -0.15) is 0 Å². The monoisotopic (exact) mass is 260 g/mol. The number of rotatable bonds is 5. The second-order valence-electron chi connectivity index (χ2n) is 4.72. The minimum Gasteiger partial charge on any atom is -0.330 e. The molecular weight excluding hydrogens is 240 g/mol. The van der Waals surface area contributed by atoms with E-state index in [0.29, 0.717) is 5.92 Å². The molecule has 1 heterocycles. The van der Waals surface area contributed by atoms with Crippen molar-refractivity contribution in [3.63, 3.8) is 0 Å². The zero-order valence-electron chi connectivity index (χ0n) is 11.0. The first kappa shape index (κ1) is 13.2. The molecular formula is C15H20N2S. The summed E-state index contributed by atoms with van der Waals surface area (Å²) in [6, 6.07) is 8.67. The molecule has 0 fully saturated rings. The summed E-state index contributed by atoms with van der Waals surface area (Å²) < 4.78 is 0. The van der Waals surface area contributed by atoms with Crippen LogP contribution in [-0.2, 0) is 12.8 Å². The number of nitrogens with two attached hydrogens (primary N) is 1. The van der Waals surface area contributed by atoms with E-state index in [1.54, 1.807) is 11.3 Å². The molecule has 3 heteroatoms. The smallest absolute Gasteiger partial charge is 0.0935 e. The van der Waals surface area contributed by atoms with Crippen LogP contribution in [0.5, 0.6) is 0 Å². The topological polar surface area (TPSA) is 38.9 Å². The van der Waals surface area contributed by atoms with E-state index in [1.165, 1.54) is 16.1 Å². The van der Waals surface area contributed by atoms with E-state index in [-0.39, 0.29) is 0 Å². The highest BCUT2D eigenvalue weighted by Gasteiger charge is 2.07. The summed E-state index contributed by atoms with van der Waals surface area (Å²) in [5.74, 6) is 0.506. The largest absolute Gasteiger partial charge is 0.330 e. The predicted octanol–water partition coefficient (Wildman–Crippen LogP) is 3.51. The molecule has 1 unspecified atom stereocenters. The van der Waals surface area contributed by atoms with Crippen molar-refractivity contribution in [3.8, 4) is 11.3 Å². The lowest BCUT2D eigenvalue weighted by atomic mass is 10.1. The third-order valence-corrected chi connectivity index (χ3v) is 4.01. The molecule has 0 radical (unpaired) electrons. The molecule has 0 amide bonds. The first-order valence-corrected chi connectivity index (χ1v) is 7.34. The number of benzene rings is 1. The zero-order valence-corrected chi connectivity index (χ0v) is 11.8. The van der Waals surface area contributed by atoms with Crippen molar-refractivity contribution in [2.45, 2.75) is 26.7 Å². The first-order chi connectivity index (χ1) is 8.72. The summed E-state index contributed by atoms with van der Waals surface area (Å²) in [6.07, 6.45) is 2.06. The highest BCUT2D eigenvalue weighted by Crippen LogP contribution is 2.23. The van der Waals surface area contributed by atoms with Crippen LogP contribution in [0.2, 0.25) is 0 Å². The quantitative estimate of drug-likeness (QED) is 0.893. The number of hydrogen-bond donors (Lipinski definition) is 1. The minimum absolute atomic E-state index is 0.506. The lowest BCUT2D eigenvalue weighted by Crippen LogP contribution is -2.12. The molecule has 0 saturated heterocycles. The Morgan fingerprint density at radius 1 is 1.28 bits per heavy atom. The third kappa shape index (κ3) is 3.18. The number of thiazole rings is 1. The molecule has 1 atom stereocenters. The van der Waals surface area contributed by atoms with E-state index in [9.17, 15) is 0 Å². The molecule has 1 aromatic heterocycles. The SMILES string of the molecule is CCc1ccc(-c2csc(CC(C)CN)n2)cc1. The van der Waals surface area contributed by atoms with Gasteiger partial charge in [-0.25, -0.2) is 4.98 Å². The number of aromatic nitrogens is 1. The Morgan fingerprint density at radius 3 is 2.61 bits per heavy atom. The van der Waals surface area contributed by atoms with E-state index >= 15 is 0 Å². The van der Waals surface area contributed by atoms with Crippen molar-refractivity contribution >= 4 is 11.3 Å². The van der Waals surface area contributed by atoms with E-state index in [4.69, 9.17) is 5.73 Å². The zero-order chi connectivity index (χ0) is 13.0. The third-order valence-electron chi connectivity index (χ3n) is 3.14. The van der Waals surface area contributed by atoms with Gasteiger partial charge in [-0.15, -0.1) is 11.3 Å². The average Bonchev–Trinajstić information content (AvgIpc) is 2.87. The molecule has 2 rings (SSSR count). The fourth-order valence-electron chi connectivity index (χ4n) is 1.83. The fraction of sp³-hybridized carbons (Fsp3) is 0.400. The molecule has 96 valence electrons. The molecule has 0 aliphatic heterocycles. The summed E-state index contributed by atoms with van der Waals surface area (Å²) in [5, 5.41) is 3.32. The standard InChI is InChI=1S/C15H20N2S/c1-3-12-4-6-13(7-5-12)14-10-18-15(17-14)8-11(2)9-16/h4-7,10-11H,3,8-9,16H2,1-2H3. The summed E-state index contributed by atoms with van der Waals surface area (Å²) in [4.78, 5) is 4.69. The van der Waals surface area contributed by atoms with Gasteiger partial charge < -0.3 is 5.73 Å². The van der Waals surface area contributed by atoms with Crippen LogP contribution in [0, 0.1) is 5.92 Å². The Bertz CT molecular complexity index is 487. The average molecular weight is 260 g/mol. The van der Waals surface area contributed by atoms with Gasteiger partial charge >= 0.3 is 0 Å². The van der Waals surface area contributed by atoms with Gasteiger partial charge in [0.1, 0.15) is 0 Å². The maximum Gasteiger partial charge on any atom is 0.0935 e. The summed E-state index contributed by atoms with van der Waals surface area (Å²) in [7, 11) is 0. The minimum atomic E-state index is 0.506. The Balaban J connectivity index is 2.13. The molecule has 0 aliphatic carbocycles. The van der Waals surface area contributed by atoms with Gasteiger partial charge in [0.2, 0.25) is 0 Å². The maximum absolute atomic E-state index is 5.65. The van der Waals surface area contributed by atoms with Crippen LogP contribution in [-0.4, -0.2) is 11.5 Å². The molecule has 18 heavy (non-hydrogen) atoms. The highest BCUT2D eigenvalue weighted by molar-refractivity contribution is 7.09. The summed E-state index contributed by atoms with van der Waals surface area (Å²) in [5.41, 5.74) is 9.30. The summed E-state index contributed by atoms with van der Waals surface area (Å²) in [6.45, 7) is 5.06. The van der Waals surface area contributed by atoms with Gasteiger partial charge in [-0.1, -0.05) is 38.1 Å². The van der Waals surface area contributed by atoms with Crippen LogP contribution in [0.4, 0.5) is 0 Å². The molecule has 2 N–H and O–H groups in total. The molecule has 0 saturated carbocycles. The van der Waals surface area contributed by atoms with Crippen molar-refractivity contribution in [3.05, 3.63) is 40.2 Å². The van der Waals surface area contributed by atoms with Crippen LogP contribution >= 0.6 is 11.3 Å². The van der Waals surface area contributed by atoms with Gasteiger partial charge in [0.25, 0.3) is 0 Å². The van der Waals surface area contributed by atoms with Crippen molar-refractivity contribution in [1.82, 2.24) is 4.98 Å². The molecule has 2 nitrogen and oxygen atoms in total. The van der Waals surface area contributed by atoms with Crippen LogP contribution in [0.1, 0.15) is 24.4 Å². The fourth-order valence-corrected chi connectivity index (χ4v) is 2.80. The van der Waals surface area contributed by atoms with E-state index in [0.717, 1.165) is 25.1 Å². The van der Waals surface area contributed by atoms with Crippen LogP contribution in [0.25, 0.3) is 11.3 Å². The Morgan fingerprint density at radius 2 is 2.00 bits per heavy atom. The lowest BCUT2D eigenvalue weighted by Gasteiger charge is -2.04. The van der Waals surface area contributed by atoms with Crippen LogP contribution in [0.3, 0.4) is 0 Å². The second-order valence-corrected chi connectivity index (χ2v) is 5.66. The number of hydrogen-bond acceptors (Lipinski definition) is 3. The number of nitrogens with zero attached hydrogens (tertiary/aromatic N) is 1. The Labute approximate surface area is 113 Å². The van der Waals surface area contributed by atoms with E-state index in [2.05, 4.69) is 48.5 Å². The van der Waals surface area contributed by atoms with Crippen LogP contribution in [0.15, 0.2) is 29.6 Å². The van der Waals surface area contributed by atoms with E-state index < -0.39 is 0 Å². The molecule has 0 spiro atoms. The highest BCUT2D eigenvalue weighted by atomic mass is 32.1. The van der Waals surface area contributed by atoms with Crippen molar-refractivity contribution < 1.29 is 0 Å². The molecule has 0 bridgehead atoms. The van der Waals surface area contributed by atoms with Gasteiger partial charge in [0.15, 0.2) is 0 Å². The lowest BCUT2D eigenvalue weighted by molar-refractivity contribution is 0.591. The first-order valence-electron chi connectivity index (χ1n) is 6.46. The normalized spacial score (nSPS) is 12.6. The van der Waals surface area contributed by atoms with Gasteiger partial charge in [0.05, 0.1) is 10.7 Å². The van der Waals surface area contributed by atoms with Gasteiger partial charge in [-0.05, 0) is 24.4 Å². The molecule has 2 aromatic rings. The van der Waals surface area contributed by atoms with Crippen molar-refractivity contribution in [2.24, 2.45) is 11.7 Å². The Kier molecular flexibility index (Phi) is 4.50. The van der Waals surface area contributed by atoms with Crippen LogP contribution < -0.4 is 5.73 Å². The number of aryl methyl sites for hydroxylation is 1.